The summed E-state index contributed by atoms with van der Waals surface area (Å²) in [6, 6.07) is 8.18. The number of hydrogen-bond donors (Lipinski definition) is 0. The number of rotatable bonds is 3. The maximum Gasteiger partial charge on any atom is 0.128 e. The summed E-state index contributed by atoms with van der Waals surface area (Å²) < 4.78 is 0. The Morgan fingerprint density at radius 2 is 1.86 bits per heavy atom. The number of alkyl halides is 1. The van der Waals surface area contributed by atoms with Crippen LogP contribution >= 0.6 is 11.6 Å². The van der Waals surface area contributed by atoms with E-state index in [0.29, 0.717) is 5.88 Å². The highest BCUT2D eigenvalue weighted by Gasteiger charge is 2.20. The number of hydrogen-bond acceptors (Lipinski definition) is 4. The highest BCUT2D eigenvalue weighted by Crippen LogP contribution is 2.24. The number of aromatic nitrogens is 2. The van der Waals surface area contributed by atoms with Crippen LogP contribution in [0.5, 0.6) is 0 Å². The summed E-state index contributed by atoms with van der Waals surface area (Å²) in [4.78, 5) is 13.5. The van der Waals surface area contributed by atoms with E-state index in [1.54, 1.807) is 0 Å². The van der Waals surface area contributed by atoms with Gasteiger partial charge in [0.05, 0.1) is 5.88 Å². The molecular weight excluding hydrogens is 284 g/mol. The number of aryl methyl sites for hydroxylation is 1. The van der Waals surface area contributed by atoms with Gasteiger partial charge in [-0.2, -0.15) is 0 Å². The van der Waals surface area contributed by atoms with Crippen LogP contribution in [0, 0.1) is 6.92 Å². The molecule has 2 aromatic heterocycles. The Hall–Kier alpha value is -1.81. The summed E-state index contributed by atoms with van der Waals surface area (Å²) in [7, 11) is 0. The SMILES string of the molecule is Cc1cc(N2CCN(c3ccccn3)CC2)c(CCl)cn1. The van der Waals surface area contributed by atoms with Gasteiger partial charge in [-0.1, -0.05) is 6.07 Å². The van der Waals surface area contributed by atoms with Crippen molar-refractivity contribution in [2.45, 2.75) is 12.8 Å². The van der Waals surface area contributed by atoms with Crippen molar-refractivity contribution < 1.29 is 0 Å². The molecule has 0 N–H and O–H groups in total. The van der Waals surface area contributed by atoms with Gasteiger partial charge in [0, 0.05) is 55.5 Å². The molecule has 0 unspecified atom stereocenters. The highest BCUT2D eigenvalue weighted by atomic mass is 35.5. The first-order valence-corrected chi connectivity index (χ1v) is 7.74. The van der Waals surface area contributed by atoms with Crippen LogP contribution in [0.4, 0.5) is 11.5 Å². The van der Waals surface area contributed by atoms with E-state index in [9.17, 15) is 0 Å². The van der Waals surface area contributed by atoms with E-state index in [0.717, 1.165) is 43.3 Å². The van der Waals surface area contributed by atoms with Crippen LogP contribution in [0.1, 0.15) is 11.3 Å². The number of pyridine rings is 2. The van der Waals surface area contributed by atoms with Crippen molar-refractivity contribution in [3.63, 3.8) is 0 Å². The summed E-state index contributed by atoms with van der Waals surface area (Å²) in [5, 5.41) is 0. The maximum atomic E-state index is 6.04. The van der Waals surface area contributed by atoms with Crippen LogP contribution in [-0.2, 0) is 5.88 Å². The van der Waals surface area contributed by atoms with Crippen LogP contribution in [0.15, 0.2) is 36.7 Å². The van der Waals surface area contributed by atoms with Gasteiger partial charge < -0.3 is 9.80 Å². The van der Waals surface area contributed by atoms with Gasteiger partial charge in [0.1, 0.15) is 5.82 Å². The average Bonchev–Trinajstić information content (AvgIpc) is 2.56. The number of piperazine rings is 1. The zero-order valence-electron chi connectivity index (χ0n) is 12.2. The van der Waals surface area contributed by atoms with Crippen molar-refractivity contribution in [1.82, 2.24) is 9.97 Å². The minimum atomic E-state index is 0.503. The second-order valence-electron chi connectivity index (χ2n) is 5.25. The van der Waals surface area contributed by atoms with Gasteiger partial charge in [0.2, 0.25) is 0 Å². The van der Waals surface area contributed by atoms with Crippen molar-refractivity contribution in [3.8, 4) is 0 Å². The quantitative estimate of drug-likeness (QED) is 0.816. The summed E-state index contributed by atoms with van der Waals surface area (Å²) in [6.45, 7) is 5.92. The predicted molar refractivity (Wildman–Crippen MR) is 87.2 cm³/mol. The molecule has 0 spiro atoms. The lowest BCUT2D eigenvalue weighted by Crippen LogP contribution is -2.47. The van der Waals surface area contributed by atoms with Crippen molar-refractivity contribution in [1.29, 1.82) is 0 Å². The molecule has 0 atom stereocenters. The molecule has 4 nitrogen and oxygen atoms in total. The van der Waals surface area contributed by atoms with E-state index in [2.05, 4.69) is 31.9 Å². The Labute approximate surface area is 130 Å². The van der Waals surface area contributed by atoms with Gasteiger partial charge in [-0.05, 0) is 25.1 Å². The molecule has 1 aliphatic heterocycles. The number of halogens is 1. The highest BCUT2D eigenvalue weighted by molar-refractivity contribution is 6.17. The predicted octanol–water partition coefficient (Wildman–Crippen LogP) is 2.85. The molecule has 3 rings (SSSR count). The Kier molecular flexibility index (Phi) is 4.25. The summed E-state index contributed by atoms with van der Waals surface area (Å²) >= 11 is 6.04. The van der Waals surface area contributed by atoms with Gasteiger partial charge in [0.25, 0.3) is 0 Å². The topological polar surface area (TPSA) is 32.3 Å². The fourth-order valence-electron chi connectivity index (χ4n) is 2.69. The summed E-state index contributed by atoms with van der Waals surface area (Å²) in [6.07, 6.45) is 3.74. The first-order chi connectivity index (χ1) is 10.3. The van der Waals surface area contributed by atoms with Gasteiger partial charge in [-0.25, -0.2) is 4.98 Å². The van der Waals surface area contributed by atoms with E-state index in [1.807, 2.05) is 31.5 Å². The van der Waals surface area contributed by atoms with E-state index >= 15 is 0 Å². The lowest BCUT2D eigenvalue weighted by Gasteiger charge is -2.37. The molecule has 21 heavy (non-hydrogen) atoms. The Balaban J connectivity index is 1.73. The largest absolute Gasteiger partial charge is 0.368 e. The molecule has 1 aliphatic rings. The summed E-state index contributed by atoms with van der Waals surface area (Å²) in [5.74, 6) is 1.56. The summed E-state index contributed by atoms with van der Waals surface area (Å²) in [5.41, 5.74) is 3.36. The monoisotopic (exact) mass is 302 g/mol. The van der Waals surface area contributed by atoms with E-state index in [-0.39, 0.29) is 0 Å². The lowest BCUT2D eigenvalue weighted by molar-refractivity contribution is 0.645. The Bertz CT molecular complexity index is 594. The van der Waals surface area contributed by atoms with E-state index < -0.39 is 0 Å². The lowest BCUT2D eigenvalue weighted by atomic mass is 10.2. The van der Waals surface area contributed by atoms with Crippen LogP contribution < -0.4 is 9.80 Å². The van der Waals surface area contributed by atoms with Gasteiger partial charge >= 0.3 is 0 Å². The normalized spacial score (nSPS) is 15.3. The second kappa shape index (κ2) is 6.31. The van der Waals surface area contributed by atoms with Gasteiger partial charge in [0.15, 0.2) is 0 Å². The van der Waals surface area contributed by atoms with Crippen molar-refractivity contribution >= 4 is 23.1 Å². The molecule has 0 radical (unpaired) electrons. The zero-order chi connectivity index (χ0) is 14.7. The van der Waals surface area contributed by atoms with E-state index in [1.165, 1.54) is 5.69 Å². The molecule has 5 heteroatoms. The molecule has 0 saturated carbocycles. The molecule has 3 heterocycles. The van der Waals surface area contributed by atoms with Crippen LogP contribution in [0.25, 0.3) is 0 Å². The first-order valence-electron chi connectivity index (χ1n) is 7.20. The fraction of sp³-hybridized carbons (Fsp3) is 0.375. The molecular formula is C16H19ClN4. The van der Waals surface area contributed by atoms with Crippen molar-refractivity contribution in [2.24, 2.45) is 0 Å². The number of anilines is 2. The van der Waals surface area contributed by atoms with Crippen LogP contribution in [0.2, 0.25) is 0 Å². The maximum absolute atomic E-state index is 6.04. The third-order valence-electron chi connectivity index (χ3n) is 3.84. The Morgan fingerprint density at radius 3 is 2.52 bits per heavy atom. The Morgan fingerprint density at radius 1 is 1.10 bits per heavy atom. The standard InChI is InChI=1S/C16H19ClN4/c1-13-10-15(14(11-17)12-19-13)20-6-8-21(9-7-20)16-4-2-3-5-18-16/h2-5,10,12H,6-9,11H2,1H3. The molecule has 0 aliphatic carbocycles. The van der Waals surface area contributed by atoms with E-state index in [4.69, 9.17) is 11.6 Å². The minimum Gasteiger partial charge on any atom is -0.368 e. The molecule has 1 fully saturated rings. The molecule has 0 amide bonds. The van der Waals surface area contributed by atoms with Crippen molar-refractivity contribution in [3.05, 3.63) is 47.9 Å². The minimum absolute atomic E-state index is 0.503. The van der Waals surface area contributed by atoms with Crippen molar-refractivity contribution in [2.75, 3.05) is 36.0 Å². The van der Waals surface area contributed by atoms with Crippen LogP contribution in [0.3, 0.4) is 0 Å². The smallest absolute Gasteiger partial charge is 0.128 e. The molecule has 1 saturated heterocycles. The fourth-order valence-corrected chi connectivity index (χ4v) is 2.89. The van der Waals surface area contributed by atoms with Crippen LogP contribution in [-0.4, -0.2) is 36.1 Å². The molecule has 0 bridgehead atoms. The average molecular weight is 303 g/mol. The molecule has 2 aromatic rings. The second-order valence-corrected chi connectivity index (χ2v) is 5.52. The third kappa shape index (κ3) is 3.10. The third-order valence-corrected chi connectivity index (χ3v) is 4.12. The van der Waals surface area contributed by atoms with Gasteiger partial charge in [-0.15, -0.1) is 11.6 Å². The first kappa shape index (κ1) is 14.1. The molecule has 0 aromatic carbocycles. The number of nitrogens with zero attached hydrogens (tertiary/aromatic N) is 4. The zero-order valence-corrected chi connectivity index (χ0v) is 12.9. The van der Waals surface area contributed by atoms with Gasteiger partial charge in [-0.3, -0.25) is 4.98 Å². The molecule has 110 valence electrons.